The van der Waals surface area contributed by atoms with E-state index in [0.717, 1.165) is 5.39 Å². The molecule has 10 nitrogen and oxygen atoms in total. The average molecular weight is 471 g/mol. The summed E-state index contributed by atoms with van der Waals surface area (Å²) in [5, 5.41) is 15.0. The van der Waals surface area contributed by atoms with Crippen molar-refractivity contribution in [2.24, 2.45) is 0 Å². The monoisotopic (exact) mass is 470 g/mol. The molecule has 0 radical (unpaired) electrons. The third-order valence-corrected chi connectivity index (χ3v) is 6.12. The molecular formula is C22H26N6O4S. The van der Waals surface area contributed by atoms with Gasteiger partial charge in [-0.1, -0.05) is 6.07 Å². The van der Waals surface area contributed by atoms with Crippen LogP contribution in [-0.2, 0) is 30.9 Å². The Morgan fingerprint density at radius 1 is 1.09 bits per heavy atom. The quantitative estimate of drug-likeness (QED) is 0.356. The summed E-state index contributed by atoms with van der Waals surface area (Å²) in [5.74, 6) is 1.89. The van der Waals surface area contributed by atoms with E-state index in [1.807, 2.05) is 23.6 Å². The van der Waals surface area contributed by atoms with Gasteiger partial charge in [-0.2, -0.15) is 0 Å². The van der Waals surface area contributed by atoms with Gasteiger partial charge in [0.05, 0.1) is 39.4 Å². The van der Waals surface area contributed by atoms with Gasteiger partial charge in [-0.3, -0.25) is 9.69 Å². The maximum atomic E-state index is 12.9. The molecule has 4 rings (SSSR count). The predicted molar refractivity (Wildman–Crippen MR) is 125 cm³/mol. The smallest absolute Gasteiger partial charge is 0.252 e. The minimum absolute atomic E-state index is 0.148. The summed E-state index contributed by atoms with van der Waals surface area (Å²) in [5.41, 5.74) is 1.18. The molecule has 3 aromatic heterocycles. The van der Waals surface area contributed by atoms with E-state index in [1.165, 1.54) is 4.88 Å². The Kier molecular flexibility index (Phi) is 7.33. The molecule has 3 heterocycles. The summed E-state index contributed by atoms with van der Waals surface area (Å²) in [6.45, 7) is 2.65. The number of aromatic amines is 1. The molecule has 0 fully saturated rings. The second kappa shape index (κ2) is 10.6. The van der Waals surface area contributed by atoms with Crippen molar-refractivity contribution in [3.63, 3.8) is 0 Å². The van der Waals surface area contributed by atoms with E-state index < -0.39 is 0 Å². The number of nitrogens with one attached hydrogen (secondary N) is 1. The first kappa shape index (κ1) is 22.9. The van der Waals surface area contributed by atoms with E-state index in [2.05, 4.69) is 31.5 Å². The number of methoxy groups -OCH3 is 3. The van der Waals surface area contributed by atoms with Gasteiger partial charge < -0.3 is 19.2 Å². The van der Waals surface area contributed by atoms with Crippen molar-refractivity contribution >= 4 is 22.2 Å². The molecule has 4 aromatic rings. The lowest BCUT2D eigenvalue weighted by atomic mass is 10.1. The lowest BCUT2D eigenvalue weighted by Crippen LogP contribution is -2.28. The van der Waals surface area contributed by atoms with Crippen LogP contribution < -0.4 is 15.0 Å². The largest absolute Gasteiger partial charge is 0.493 e. The van der Waals surface area contributed by atoms with Crippen LogP contribution in [0.1, 0.15) is 16.3 Å². The maximum absolute atomic E-state index is 12.9. The van der Waals surface area contributed by atoms with Crippen LogP contribution >= 0.6 is 11.3 Å². The molecule has 0 amide bonds. The van der Waals surface area contributed by atoms with E-state index in [-0.39, 0.29) is 5.56 Å². The fourth-order valence-electron chi connectivity index (χ4n) is 3.62. The van der Waals surface area contributed by atoms with Crippen molar-refractivity contribution in [2.75, 3.05) is 27.9 Å². The zero-order valence-corrected chi connectivity index (χ0v) is 19.6. The summed E-state index contributed by atoms with van der Waals surface area (Å²) in [6.07, 6.45) is 0. The van der Waals surface area contributed by atoms with Gasteiger partial charge in [0.25, 0.3) is 5.56 Å². The lowest BCUT2D eigenvalue weighted by molar-refractivity contribution is 0.177. The average Bonchev–Trinajstić information content (AvgIpc) is 3.49. The Morgan fingerprint density at radius 2 is 1.91 bits per heavy atom. The van der Waals surface area contributed by atoms with Crippen LogP contribution in [0.3, 0.4) is 0 Å². The highest BCUT2D eigenvalue weighted by atomic mass is 32.1. The fraction of sp³-hybridized carbons (Fsp3) is 0.364. The number of tetrazole rings is 1. The molecule has 1 aromatic carbocycles. The number of nitrogens with zero attached hydrogens (tertiary/aromatic N) is 5. The van der Waals surface area contributed by atoms with Gasteiger partial charge in [0.2, 0.25) is 0 Å². The number of thiophene rings is 1. The Morgan fingerprint density at radius 3 is 2.64 bits per heavy atom. The first-order valence-electron chi connectivity index (χ1n) is 10.4. The van der Waals surface area contributed by atoms with E-state index in [1.54, 1.807) is 43.4 Å². The third-order valence-electron chi connectivity index (χ3n) is 5.26. The van der Waals surface area contributed by atoms with Crippen molar-refractivity contribution in [2.45, 2.75) is 26.2 Å². The van der Waals surface area contributed by atoms with Crippen molar-refractivity contribution in [1.82, 2.24) is 30.1 Å². The summed E-state index contributed by atoms with van der Waals surface area (Å²) in [4.78, 5) is 19.2. The summed E-state index contributed by atoms with van der Waals surface area (Å²) in [7, 11) is 4.80. The highest BCUT2D eigenvalue weighted by Crippen LogP contribution is 2.31. The van der Waals surface area contributed by atoms with E-state index in [0.29, 0.717) is 61.2 Å². The molecule has 0 aliphatic rings. The summed E-state index contributed by atoms with van der Waals surface area (Å²) >= 11 is 1.67. The molecule has 0 saturated heterocycles. The minimum atomic E-state index is -0.148. The van der Waals surface area contributed by atoms with Crippen LogP contribution in [0.15, 0.2) is 40.5 Å². The first-order chi connectivity index (χ1) is 16.1. The highest BCUT2D eigenvalue weighted by Gasteiger charge is 2.17. The topological polar surface area (TPSA) is 107 Å². The van der Waals surface area contributed by atoms with Crippen LogP contribution in [0, 0.1) is 0 Å². The molecule has 11 heteroatoms. The Balaban J connectivity index is 1.64. The van der Waals surface area contributed by atoms with Crippen LogP contribution in [0.4, 0.5) is 0 Å². The van der Waals surface area contributed by atoms with Gasteiger partial charge in [0.15, 0.2) is 17.3 Å². The van der Waals surface area contributed by atoms with E-state index in [9.17, 15) is 4.79 Å². The molecule has 174 valence electrons. The molecule has 0 aliphatic carbocycles. The molecule has 0 saturated carbocycles. The number of pyridine rings is 1. The molecule has 0 spiro atoms. The maximum Gasteiger partial charge on any atom is 0.252 e. The van der Waals surface area contributed by atoms with Crippen molar-refractivity contribution in [3.8, 4) is 11.5 Å². The molecule has 1 N–H and O–H groups in total. The Labute approximate surface area is 194 Å². The molecule has 33 heavy (non-hydrogen) atoms. The second-order valence-electron chi connectivity index (χ2n) is 7.45. The van der Waals surface area contributed by atoms with Gasteiger partial charge >= 0.3 is 0 Å². The fourth-order valence-corrected chi connectivity index (χ4v) is 4.36. The van der Waals surface area contributed by atoms with E-state index >= 15 is 0 Å². The number of hydrogen-bond donors (Lipinski definition) is 1. The number of hydrogen-bond acceptors (Lipinski definition) is 9. The number of fused-ring (bicyclic) bond motifs is 1. The zero-order valence-electron chi connectivity index (χ0n) is 18.8. The number of rotatable bonds is 11. The van der Waals surface area contributed by atoms with Gasteiger partial charge in [-0.05, 0) is 34.0 Å². The third kappa shape index (κ3) is 5.38. The van der Waals surface area contributed by atoms with Crippen molar-refractivity contribution in [1.29, 1.82) is 0 Å². The van der Waals surface area contributed by atoms with Crippen molar-refractivity contribution < 1.29 is 14.2 Å². The SMILES string of the molecule is COCCn1nnnc1CN(Cc1cccs1)Cc1cc2cc(OC)c(OC)cc2[nH]c1=O. The first-order valence-corrected chi connectivity index (χ1v) is 11.3. The number of ether oxygens (including phenoxy) is 3. The van der Waals surface area contributed by atoms with Crippen LogP contribution in [0.5, 0.6) is 11.5 Å². The second-order valence-corrected chi connectivity index (χ2v) is 8.49. The molecule has 0 atom stereocenters. The molecular weight excluding hydrogens is 444 g/mol. The zero-order chi connectivity index (χ0) is 23.2. The Bertz CT molecular complexity index is 1250. The van der Waals surface area contributed by atoms with Gasteiger partial charge in [0, 0.05) is 42.1 Å². The molecule has 0 aliphatic heterocycles. The summed E-state index contributed by atoms with van der Waals surface area (Å²) < 4.78 is 17.7. The van der Waals surface area contributed by atoms with Gasteiger partial charge in [-0.25, -0.2) is 4.68 Å². The predicted octanol–water partition coefficient (Wildman–Crippen LogP) is 2.44. The standard InChI is InChI=1S/C22H26N6O4S/c1-30-7-6-28-21(24-25-26-28)14-27(13-17-5-4-8-33-17)12-16-9-15-10-19(31-2)20(32-3)11-18(15)23-22(16)29/h4-5,8-11H,6-7,12-14H2,1-3H3,(H,23,29). The van der Waals surface area contributed by atoms with Crippen molar-refractivity contribution in [3.05, 3.63) is 62.3 Å². The number of benzene rings is 1. The minimum Gasteiger partial charge on any atom is -0.493 e. The lowest BCUT2D eigenvalue weighted by Gasteiger charge is -2.21. The molecule has 0 bridgehead atoms. The normalized spacial score (nSPS) is 11.4. The van der Waals surface area contributed by atoms with Crippen LogP contribution in [0.25, 0.3) is 10.9 Å². The summed E-state index contributed by atoms with van der Waals surface area (Å²) in [6, 6.07) is 9.62. The van der Waals surface area contributed by atoms with Gasteiger partial charge in [-0.15, -0.1) is 16.4 Å². The Hall–Kier alpha value is -3.28. The number of H-pyrrole nitrogens is 1. The van der Waals surface area contributed by atoms with Crippen LogP contribution in [0.2, 0.25) is 0 Å². The molecule has 0 unspecified atom stereocenters. The van der Waals surface area contributed by atoms with E-state index in [4.69, 9.17) is 14.2 Å². The van der Waals surface area contributed by atoms with Crippen LogP contribution in [-0.4, -0.2) is 58.0 Å². The van der Waals surface area contributed by atoms with Gasteiger partial charge in [0.1, 0.15) is 0 Å². The highest BCUT2D eigenvalue weighted by molar-refractivity contribution is 7.09. The number of aromatic nitrogens is 5.